The summed E-state index contributed by atoms with van der Waals surface area (Å²) in [7, 11) is 0. The van der Waals surface area contributed by atoms with Gasteiger partial charge in [0.25, 0.3) is 0 Å². The van der Waals surface area contributed by atoms with E-state index in [9.17, 15) is 14.3 Å². The van der Waals surface area contributed by atoms with Crippen molar-refractivity contribution in [3.05, 3.63) is 69.5 Å². The summed E-state index contributed by atoms with van der Waals surface area (Å²) in [6.07, 6.45) is 0.777. The lowest BCUT2D eigenvalue weighted by Crippen LogP contribution is -2.38. The van der Waals surface area contributed by atoms with Crippen LogP contribution in [0.1, 0.15) is 24.5 Å². The number of halogens is 3. The summed E-state index contributed by atoms with van der Waals surface area (Å²) in [5, 5.41) is 14.0. The number of carbonyl (C=O) groups excluding carboxylic acids is 1. The Bertz CT molecular complexity index is 717. The van der Waals surface area contributed by atoms with E-state index in [2.05, 4.69) is 5.32 Å². The summed E-state index contributed by atoms with van der Waals surface area (Å²) < 4.78 is 12.9. The van der Waals surface area contributed by atoms with Crippen molar-refractivity contribution in [2.24, 2.45) is 0 Å². The van der Waals surface area contributed by atoms with Crippen molar-refractivity contribution < 1.29 is 14.3 Å². The summed E-state index contributed by atoms with van der Waals surface area (Å²) in [6.45, 7) is 1.61. The molecule has 0 saturated heterocycles. The molecule has 24 heavy (non-hydrogen) atoms. The molecule has 0 saturated carbocycles. The standard InChI is InChI=1S/C18H18Cl2FNO2/c1-18(24,13-4-6-14(21)7-5-13)11-22-17(23)9-3-12-2-8-15(19)16(20)10-12/h2,4-8,10,24H,3,9,11H2,1H3,(H,22,23). The first-order valence-electron chi connectivity index (χ1n) is 7.47. The van der Waals surface area contributed by atoms with Gasteiger partial charge in [0.1, 0.15) is 11.4 Å². The van der Waals surface area contributed by atoms with Crippen LogP contribution in [0, 0.1) is 5.82 Å². The Morgan fingerprint density at radius 1 is 1.17 bits per heavy atom. The van der Waals surface area contributed by atoms with Crippen LogP contribution in [0.3, 0.4) is 0 Å². The van der Waals surface area contributed by atoms with E-state index in [1.165, 1.54) is 24.3 Å². The zero-order valence-corrected chi connectivity index (χ0v) is 14.7. The maximum Gasteiger partial charge on any atom is 0.220 e. The largest absolute Gasteiger partial charge is 0.384 e. The van der Waals surface area contributed by atoms with Gasteiger partial charge in [-0.3, -0.25) is 4.79 Å². The quantitative estimate of drug-likeness (QED) is 0.805. The molecule has 0 fully saturated rings. The molecule has 1 atom stereocenters. The third-order valence-electron chi connectivity index (χ3n) is 3.72. The summed E-state index contributed by atoms with van der Waals surface area (Å²) in [6, 6.07) is 10.8. The molecule has 0 aromatic heterocycles. The Morgan fingerprint density at radius 3 is 2.46 bits per heavy atom. The second-order valence-corrected chi connectivity index (χ2v) is 6.62. The SMILES string of the molecule is CC(O)(CNC(=O)CCc1ccc(Cl)c(Cl)c1)c1ccc(F)cc1. The normalized spacial score (nSPS) is 13.4. The molecule has 2 N–H and O–H groups in total. The fourth-order valence-electron chi connectivity index (χ4n) is 2.22. The van der Waals surface area contributed by atoms with E-state index < -0.39 is 5.60 Å². The minimum Gasteiger partial charge on any atom is -0.384 e. The van der Waals surface area contributed by atoms with Crippen LogP contribution >= 0.6 is 23.2 Å². The first-order valence-corrected chi connectivity index (χ1v) is 8.22. The first-order chi connectivity index (χ1) is 11.3. The van der Waals surface area contributed by atoms with Crippen molar-refractivity contribution in [3.8, 4) is 0 Å². The molecule has 1 unspecified atom stereocenters. The van der Waals surface area contributed by atoms with E-state index in [0.717, 1.165) is 5.56 Å². The number of hydrogen-bond donors (Lipinski definition) is 2. The molecule has 2 aromatic rings. The maximum atomic E-state index is 12.9. The molecule has 3 nitrogen and oxygen atoms in total. The minimum atomic E-state index is -1.27. The predicted molar refractivity (Wildman–Crippen MR) is 93.8 cm³/mol. The Morgan fingerprint density at radius 2 is 1.83 bits per heavy atom. The van der Waals surface area contributed by atoms with Crippen molar-refractivity contribution in [2.75, 3.05) is 6.54 Å². The molecule has 6 heteroatoms. The fourth-order valence-corrected chi connectivity index (χ4v) is 2.54. The lowest BCUT2D eigenvalue weighted by atomic mass is 9.96. The van der Waals surface area contributed by atoms with Gasteiger partial charge in [0.15, 0.2) is 0 Å². The number of aryl methyl sites for hydroxylation is 1. The molecular weight excluding hydrogens is 352 g/mol. The molecule has 2 aromatic carbocycles. The summed E-state index contributed by atoms with van der Waals surface area (Å²) in [5.41, 5.74) is 0.172. The van der Waals surface area contributed by atoms with Gasteiger partial charge in [-0.05, 0) is 48.7 Å². The average Bonchev–Trinajstić information content (AvgIpc) is 2.54. The van der Waals surface area contributed by atoms with Gasteiger partial charge >= 0.3 is 0 Å². The number of benzene rings is 2. The number of carbonyl (C=O) groups is 1. The van der Waals surface area contributed by atoms with Crippen LogP contribution in [0.25, 0.3) is 0 Å². The molecular formula is C18H18Cl2FNO2. The van der Waals surface area contributed by atoms with E-state index >= 15 is 0 Å². The van der Waals surface area contributed by atoms with Gasteiger partial charge in [-0.2, -0.15) is 0 Å². The second-order valence-electron chi connectivity index (χ2n) is 5.81. The van der Waals surface area contributed by atoms with Crippen LogP contribution in [0.15, 0.2) is 42.5 Å². The lowest BCUT2D eigenvalue weighted by molar-refractivity contribution is -0.122. The topological polar surface area (TPSA) is 49.3 Å². The third-order valence-corrected chi connectivity index (χ3v) is 4.46. The summed E-state index contributed by atoms with van der Waals surface area (Å²) >= 11 is 11.8. The predicted octanol–water partition coefficient (Wildman–Crippen LogP) is 4.09. The van der Waals surface area contributed by atoms with E-state index in [-0.39, 0.29) is 24.7 Å². The van der Waals surface area contributed by atoms with Crippen LogP contribution in [0.2, 0.25) is 10.0 Å². The van der Waals surface area contributed by atoms with E-state index in [0.29, 0.717) is 22.0 Å². The highest BCUT2D eigenvalue weighted by atomic mass is 35.5. The van der Waals surface area contributed by atoms with E-state index in [1.807, 2.05) is 6.07 Å². The molecule has 0 aliphatic carbocycles. The Hall–Kier alpha value is -1.62. The van der Waals surface area contributed by atoms with Crippen LogP contribution in [0.4, 0.5) is 4.39 Å². The second kappa shape index (κ2) is 7.97. The highest BCUT2D eigenvalue weighted by Gasteiger charge is 2.23. The van der Waals surface area contributed by atoms with Gasteiger partial charge in [0.05, 0.1) is 16.6 Å². The first kappa shape index (κ1) is 18.7. The van der Waals surface area contributed by atoms with Crippen molar-refractivity contribution in [3.63, 3.8) is 0 Å². The smallest absolute Gasteiger partial charge is 0.220 e. The van der Waals surface area contributed by atoms with Gasteiger partial charge in [0, 0.05) is 6.42 Å². The third kappa shape index (κ3) is 5.20. The molecule has 1 amide bonds. The van der Waals surface area contributed by atoms with Crippen LogP contribution < -0.4 is 5.32 Å². The van der Waals surface area contributed by atoms with Crippen molar-refractivity contribution in [1.82, 2.24) is 5.32 Å². The highest BCUT2D eigenvalue weighted by Crippen LogP contribution is 2.23. The summed E-state index contributed by atoms with van der Waals surface area (Å²) in [5.74, 6) is -0.566. The van der Waals surface area contributed by atoms with Gasteiger partial charge < -0.3 is 10.4 Å². The Balaban J connectivity index is 1.85. The maximum absolute atomic E-state index is 12.9. The summed E-state index contributed by atoms with van der Waals surface area (Å²) in [4.78, 5) is 12.0. The molecule has 0 bridgehead atoms. The van der Waals surface area contributed by atoms with Gasteiger partial charge in [-0.25, -0.2) is 4.39 Å². The molecule has 0 heterocycles. The van der Waals surface area contributed by atoms with E-state index in [4.69, 9.17) is 23.2 Å². The number of amides is 1. The average molecular weight is 370 g/mol. The van der Waals surface area contributed by atoms with Crippen LogP contribution in [0.5, 0.6) is 0 Å². The van der Waals surface area contributed by atoms with Crippen molar-refractivity contribution in [1.29, 1.82) is 0 Å². The van der Waals surface area contributed by atoms with Crippen molar-refractivity contribution in [2.45, 2.75) is 25.4 Å². The number of nitrogens with one attached hydrogen (secondary N) is 1. The Labute approximate surface area is 150 Å². The molecule has 0 aliphatic heterocycles. The van der Waals surface area contributed by atoms with Gasteiger partial charge in [0.2, 0.25) is 5.91 Å². The van der Waals surface area contributed by atoms with Crippen LogP contribution in [-0.2, 0) is 16.8 Å². The molecule has 0 aliphatic rings. The molecule has 0 radical (unpaired) electrons. The number of hydrogen-bond acceptors (Lipinski definition) is 2. The molecule has 0 spiro atoms. The van der Waals surface area contributed by atoms with Crippen LogP contribution in [-0.4, -0.2) is 17.6 Å². The van der Waals surface area contributed by atoms with Gasteiger partial charge in [-0.1, -0.05) is 41.4 Å². The minimum absolute atomic E-state index is 0.0405. The monoisotopic (exact) mass is 369 g/mol. The lowest BCUT2D eigenvalue weighted by Gasteiger charge is -2.24. The number of aliphatic hydroxyl groups is 1. The number of rotatable bonds is 6. The molecule has 128 valence electrons. The highest BCUT2D eigenvalue weighted by molar-refractivity contribution is 6.42. The van der Waals surface area contributed by atoms with Crippen molar-refractivity contribution >= 4 is 29.1 Å². The zero-order chi connectivity index (χ0) is 17.7. The van der Waals surface area contributed by atoms with E-state index in [1.54, 1.807) is 19.1 Å². The van der Waals surface area contributed by atoms with Gasteiger partial charge in [-0.15, -0.1) is 0 Å². The molecule has 2 rings (SSSR count). The fraction of sp³-hybridized carbons (Fsp3) is 0.278. The zero-order valence-electron chi connectivity index (χ0n) is 13.2. The Kier molecular flexibility index (Phi) is 6.21.